The fourth-order valence-corrected chi connectivity index (χ4v) is 2.76. The van der Waals surface area contributed by atoms with Gasteiger partial charge in [0, 0.05) is 25.2 Å². The number of benzene rings is 1. The molecular formula is C15H22N2O. The zero-order valence-electron chi connectivity index (χ0n) is 11.1. The minimum absolute atomic E-state index is 0.576. The molecule has 1 saturated heterocycles. The first kappa shape index (κ1) is 11.8. The van der Waals surface area contributed by atoms with Crippen LogP contribution in [-0.4, -0.2) is 36.7 Å². The zero-order valence-corrected chi connectivity index (χ0v) is 11.1. The van der Waals surface area contributed by atoms with Crippen molar-refractivity contribution in [2.24, 2.45) is 0 Å². The fraction of sp³-hybridized carbons (Fsp3) is 0.600. The van der Waals surface area contributed by atoms with Crippen LogP contribution in [0.3, 0.4) is 0 Å². The second-order valence-corrected chi connectivity index (χ2v) is 5.29. The Hall–Kier alpha value is -1.22. The minimum atomic E-state index is 0.576. The molecule has 3 rings (SSSR count). The molecule has 3 nitrogen and oxygen atoms in total. The third kappa shape index (κ3) is 2.61. The highest BCUT2D eigenvalue weighted by Crippen LogP contribution is 2.32. The Morgan fingerprint density at radius 1 is 1.28 bits per heavy atom. The van der Waals surface area contributed by atoms with Gasteiger partial charge in [-0.1, -0.05) is 12.1 Å². The lowest BCUT2D eigenvalue weighted by Gasteiger charge is -2.18. The summed E-state index contributed by atoms with van der Waals surface area (Å²) in [6.07, 6.45) is 4.06. The molecule has 1 aromatic carbocycles. The topological polar surface area (TPSA) is 24.5 Å². The van der Waals surface area contributed by atoms with Gasteiger partial charge in [0.25, 0.3) is 0 Å². The molecule has 0 amide bonds. The van der Waals surface area contributed by atoms with E-state index in [1.54, 1.807) is 0 Å². The lowest BCUT2D eigenvalue weighted by atomic mass is 10.2. The van der Waals surface area contributed by atoms with Crippen molar-refractivity contribution in [2.45, 2.75) is 38.3 Å². The van der Waals surface area contributed by atoms with Crippen LogP contribution in [0, 0.1) is 0 Å². The normalized spacial score (nSPS) is 24.2. The Labute approximate surface area is 109 Å². The second kappa shape index (κ2) is 5.19. The van der Waals surface area contributed by atoms with Gasteiger partial charge in [0.15, 0.2) is 0 Å². The average molecular weight is 246 g/mol. The molecule has 1 saturated carbocycles. The number of hydrogen-bond acceptors (Lipinski definition) is 3. The van der Waals surface area contributed by atoms with E-state index in [4.69, 9.17) is 4.74 Å². The summed E-state index contributed by atoms with van der Waals surface area (Å²) in [6, 6.07) is 9.72. The van der Waals surface area contributed by atoms with Gasteiger partial charge in [-0.25, -0.2) is 0 Å². The first-order valence-corrected chi connectivity index (χ1v) is 7.09. The number of nitrogens with zero attached hydrogens (tertiary/aromatic N) is 1. The molecule has 2 aliphatic rings. The maximum Gasteiger partial charge on any atom is 0.142 e. The molecule has 0 radical (unpaired) electrons. The molecule has 18 heavy (non-hydrogen) atoms. The summed E-state index contributed by atoms with van der Waals surface area (Å²) in [4.78, 5) is 2.63. The number of rotatable bonds is 5. The predicted molar refractivity (Wildman–Crippen MR) is 74.2 cm³/mol. The van der Waals surface area contributed by atoms with Gasteiger partial charge in [0.2, 0.25) is 0 Å². The Bertz CT molecular complexity index is 403. The Kier molecular flexibility index (Phi) is 3.41. The highest BCUT2D eigenvalue weighted by atomic mass is 16.5. The Balaban J connectivity index is 1.62. The van der Waals surface area contributed by atoms with Gasteiger partial charge in [0.05, 0.1) is 12.3 Å². The van der Waals surface area contributed by atoms with Crippen molar-refractivity contribution >= 4 is 5.69 Å². The van der Waals surface area contributed by atoms with Crippen LogP contribution in [0.2, 0.25) is 0 Å². The third-order valence-electron chi connectivity index (χ3n) is 3.83. The number of para-hydroxylation sites is 2. The van der Waals surface area contributed by atoms with Gasteiger partial charge in [-0.05, 0) is 38.3 Å². The van der Waals surface area contributed by atoms with Crippen molar-refractivity contribution in [3.05, 3.63) is 24.3 Å². The molecule has 0 bridgehead atoms. The minimum Gasteiger partial charge on any atom is -0.492 e. The first-order chi connectivity index (χ1) is 8.86. The maximum atomic E-state index is 5.66. The van der Waals surface area contributed by atoms with E-state index < -0.39 is 0 Å². The summed E-state index contributed by atoms with van der Waals surface area (Å²) >= 11 is 0. The summed E-state index contributed by atoms with van der Waals surface area (Å²) in [6.45, 7) is 5.18. The Morgan fingerprint density at radius 3 is 2.89 bits per heavy atom. The van der Waals surface area contributed by atoms with Crippen molar-refractivity contribution < 1.29 is 4.74 Å². The summed E-state index contributed by atoms with van der Waals surface area (Å²) in [5.74, 6) is 0.977. The van der Waals surface area contributed by atoms with Gasteiger partial charge >= 0.3 is 0 Å². The number of nitrogens with one attached hydrogen (secondary N) is 1. The van der Waals surface area contributed by atoms with Crippen LogP contribution in [-0.2, 0) is 0 Å². The van der Waals surface area contributed by atoms with Crippen molar-refractivity contribution in [1.82, 2.24) is 4.90 Å². The Morgan fingerprint density at radius 2 is 2.11 bits per heavy atom. The van der Waals surface area contributed by atoms with Crippen LogP contribution in [0.1, 0.15) is 26.2 Å². The molecular weight excluding hydrogens is 224 g/mol. The lowest BCUT2D eigenvalue weighted by molar-refractivity contribution is 0.325. The van der Waals surface area contributed by atoms with E-state index >= 15 is 0 Å². The maximum absolute atomic E-state index is 5.66. The van der Waals surface area contributed by atoms with Gasteiger partial charge in [-0.2, -0.15) is 0 Å². The summed E-state index contributed by atoms with van der Waals surface area (Å²) in [5, 5.41) is 3.64. The molecule has 1 N–H and O–H groups in total. The smallest absolute Gasteiger partial charge is 0.142 e. The zero-order chi connectivity index (χ0) is 12.4. The standard InChI is InChI=1S/C15H22N2O/c1-2-18-15-6-4-3-5-14(15)16-12-9-10-17(11-12)13-7-8-13/h3-6,12-13,16H,2,7-11H2,1H3. The van der Waals surface area contributed by atoms with Crippen LogP contribution in [0.5, 0.6) is 5.75 Å². The molecule has 0 spiro atoms. The van der Waals surface area contributed by atoms with Crippen molar-refractivity contribution in [3.8, 4) is 5.75 Å². The second-order valence-electron chi connectivity index (χ2n) is 5.29. The third-order valence-corrected chi connectivity index (χ3v) is 3.83. The molecule has 1 unspecified atom stereocenters. The summed E-state index contributed by atoms with van der Waals surface area (Å²) in [7, 11) is 0. The van der Waals surface area contributed by atoms with Crippen LogP contribution < -0.4 is 10.1 Å². The van der Waals surface area contributed by atoms with Crippen molar-refractivity contribution in [2.75, 3.05) is 25.0 Å². The van der Waals surface area contributed by atoms with Crippen LogP contribution in [0.15, 0.2) is 24.3 Å². The van der Waals surface area contributed by atoms with Gasteiger partial charge in [0.1, 0.15) is 5.75 Å². The van der Waals surface area contributed by atoms with Crippen LogP contribution in [0.4, 0.5) is 5.69 Å². The number of likely N-dealkylation sites (tertiary alicyclic amines) is 1. The lowest BCUT2D eigenvalue weighted by Crippen LogP contribution is -2.27. The molecule has 1 atom stereocenters. The van der Waals surface area contributed by atoms with Crippen LogP contribution >= 0.6 is 0 Å². The largest absolute Gasteiger partial charge is 0.492 e. The predicted octanol–water partition coefficient (Wildman–Crippen LogP) is 2.73. The summed E-state index contributed by atoms with van der Waals surface area (Å²) in [5.41, 5.74) is 1.14. The van der Waals surface area contributed by atoms with E-state index in [9.17, 15) is 0 Å². The molecule has 3 heteroatoms. The van der Waals surface area contributed by atoms with Crippen LogP contribution in [0.25, 0.3) is 0 Å². The van der Waals surface area contributed by atoms with Gasteiger partial charge < -0.3 is 10.1 Å². The summed E-state index contributed by atoms with van der Waals surface area (Å²) < 4.78 is 5.66. The molecule has 1 heterocycles. The van der Waals surface area contributed by atoms with E-state index in [2.05, 4.69) is 22.3 Å². The number of anilines is 1. The van der Waals surface area contributed by atoms with E-state index in [-0.39, 0.29) is 0 Å². The van der Waals surface area contributed by atoms with E-state index in [0.29, 0.717) is 6.04 Å². The van der Waals surface area contributed by atoms with Crippen molar-refractivity contribution in [1.29, 1.82) is 0 Å². The quantitative estimate of drug-likeness (QED) is 0.864. The van der Waals surface area contributed by atoms with E-state index in [1.807, 2.05) is 19.1 Å². The highest BCUT2D eigenvalue weighted by molar-refractivity contribution is 5.56. The van der Waals surface area contributed by atoms with Gasteiger partial charge in [-0.3, -0.25) is 4.90 Å². The molecule has 1 aliphatic heterocycles. The molecule has 1 aromatic rings. The number of hydrogen-bond donors (Lipinski definition) is 1. The molecule has 98 valence electrons. The molecule has 0 aromatic heterocycles. The average Bonchev–Trinajstić information content (AvgIpc) is 3.13. The highest BCUT2D eigenvalue weighted by Gasteiger charge is 2.34. The number of ether oxygens (including phenoxy) is 1. The van der Waals surface area contributed by atoms with E-state index in [1.165, 1.54) is 32.4 Å². The SMILES string of the molecule is CCOc1ccccc1NC1CCN(C2CC2)C1. The molecule has 1 aliphatic carbocycles. The van der Waals surface area contributed by atoms with Crippen molar-refractivity contribution in [3.63, 3.8) is 0 Å². The van der Waals surface area contributed by atoms with E-state index in [0.717, 1.165) is 24.1 Å². The monoisotopic (exact) mass is 246 g/mol. The van der Waals surface area contributed by atoms with Gasteiger partial charge in [-0.15, -0.1) is 0 Å². The first-order valence-electron chi connectivity index (χ1n) is 7.09. The fourth-order valence-electron chi connectivity index (χ4n) is 2.76. The molecule has 2 fully saturated rings.